The number of carbonyl (C=O) groups excluding carboxylic acids is 1. The highest BCUT2D eigenvalue weighted by atomic mass is 16.4. The molecule has 0 aliphatic heterocycles. The quantitative estimate of drug-likeness (QED) is 0.769. The fraction of sp³-hybridized carbons (Fsp3) is 0.438. The van der Waals surface area contributed by atoms with Gasteiger partial charge >= 0.3 is 5.97 Å². The molecule has 0 radical (unpaired) electrons. The van der Waals surface area contributed by atoms with Crippen molar-refractivity contribution < 1.29 is 14.7 Å². The van der Waals surface area contributed by atoms with Gasteiger partial charge in [-0.15, -0.1) is 0 Å². The van der Waals surface area contributed by atoms with Crippen molar-refractivity contribution in [2.24, 2.45) is 7.05 Å². The number of fused-ring (bicyclic) bond motifs is 1. The van der Waals surface area contributed by atoms with Gasteiger partial charge in [-0.05, 0) is 31.9 Å². The first-order valence-electron chi connectivity index (χ1n) is 7.41. The molecule has 1 amide bonds. The lowest BCUT2D eigenvalue weighted by atomic mass is 10.2. The van der Waals surface area contributed by atoms with Gasteiger partial charge in [-0.2, -0.15) is 0 Å². The van der Waals surface area contributed by atoms with Crippen molar-refractivity contribution >= 4 is 22.9 Å². The van der Waals surface area contributed by atoms with Crippen LogP contribution >= 0.6 is 0 Å². The van der Waals surface area contributed by atoms with E-state index in [0.717, 1.165) is 16.9 Å². The van der Waals surface area contributed by atoms with E-state index in [1.54, 1.807) is 0 Å². The molecule has 0 saturated carbocycles. The number of carbonyl (C=O) groups is 2. The van der Waals surface area contributed by atoms with Gasteiger partial charge < -0.3 is 15.0 Å². The number of carboxylic acids is 1. The number of imidazole rings is 1. The van der Waals surface area contributed by atoms with E-state index in [2.05, 4.69) is 10.3 Å². The average Bonchev–Trinajstić information content (AvgIpc) is 2.81. The van der Waals surface area contributed by atoms with Crippen LogP contribution in [0, 0.1) is 0 Å². The van der Waals surface area contributed by atoms with Gasteiger partial charge in [0.25, 0.3) is 0 Å². The van der Waals surface area contributed by atoms with Gasteiger partial charge in [-0.1, -0.05) is 12.1 Å². The van der Waals surface area contributed by atoms with Crippen LogP contribution in [-0.2, 0) is 16.6 Å². The van der Waals surface area contributed by atoms with Crippen LogP contribution in [0.2, 0.25) is 0 Å². The fourth-order valence-electron chi connectivity index (χ4n) is 2.49. The summed E-state index contributed by atoms with van der Waals surface area (Å²) in [7, 11) is 1.93. The Morgan fingerprint density at radius 2 is 1.95 bits per heavy atom. The topological polar surface area (TPSA) is 84.2 Å². The molecule has 0 saturated heterocycles. The van der Waals surface area contributed by atoms with E-state index < -0.39 is 5.97 Å². The lowest BCUT2D eigenvalue weighted by Crippen LogP contribution is -2.28. The molecule has 0 aliphatic rings. The molecule has 0 fully saturated rings. The Hall–Kier alpha value is -2.37. The molecule has 1 unspecified atom stereocenters. The van der Waals surface area contributed by atoms with Crippen LogP contribution in [0.15, 0.2) is 24.3 Å². The van der Waals surface area contributed by atoms with Gasteiger partial charge in [-0.25, -0.2) is 4.98 Å². The smallest absolute Gasteiger partial charge is 0.303 e. The number of rotatable bonds is 7. The van der Waals surface area contributed by atoms with Crippen LogP contribution in [0.1, 0.15) is 44.5 Å². The molecule has 118 valence electrons. The van der Waals surface area contributed by atoms with Crippen molar-refractivity contribution in [3.05, 3.63) is 30.1 Å². The number of unbranched alkanes of at least 4 members (excludes halogenated alkanes) is 1. The minimum absolute atomic E-state index is 0.0788. The van der Waals surface area contributed by atoms with Gasteiger partial charge in [0.05, 0.1) is 17.1 Å². The summed E-state index contributed by atoms with van der Waals surface area (Å²) in [5.41, 5.74) is 1.93. The van der Waals surface area contributed by atoms with Crippen molar-refractivity contribution in [1.29, 1.82) is 0 Å². The molecule has 6 heteroatoms. The normalized spacial score (nSPS) is 12.3. The first kappa shape index (κ1) is 16.0. The van der Waals surface area contributed by atoms with Crippen molar-refractivity contribution in [1.82, 2.24) is 14.9 Å². The van der Waals surface area contributed by atoms with Gasteiger partial charge in [0.1, 0.15) is 5.82 Å². The molecule has 1 heterocycles. The maximum absolute atomic E-state index is 11.9. The molecular formula is C16H21N3O3. The second-order valence-corrected chi connectivity index (χ2v) is 5.41. The Bertz CT molecular complexity index is 678. The molecule has 0 spiro atoms. The fourth-order valence-corrected chi connectivity index (χ4v) is 2.49. The number of para-hydroxylation sites is 2. The number of benzene rings is 1. The summed E-state index contributed by atoms with van der Waals surface area (Å²) in [6.45, 7) is 1.90. The van der Waals surface area contributed by atoms with Crippen LogP contribution in [-0.4, -0.2) is 26.5 Å². The number of nitrogens with zero attached hydrogens (tertiary/aromatic N) is 2. The van der Waals surface area contributed by atoms with Crippen molar-refractivity contribution in [3.8, 4) is 0 Å². The number of aryl methyl sites for hydroxylation is 1. The third-order valence-corrected chi connectivity index (χ3v) is 3.63. The number of hydrogen-bond donors (Lipinski definition) is 2. The second kappa shape index (κ2) is 7.06. The molecule has 1 aromatic heterocycles. The lowest BCUT2D eigenvalue weighted by molar-refractivity contribution is -0.137. The number of carboxylic acid groups (broad SMARTS) is 1. The molecular weight excluding hydrogens is 282 g/mol. The molecule has 1 aromatic carbocycles. The largest absolute Gasteiger partial charge is 0.481 e. The zero-order chi connectivity index (χ0) is 16.1. The zero-order valence-corrected chi connectivity index (χ0v) is 12.9. The minimum atomic E-state index is -0.825. The van der Waals surface area contributed by atoms with E-state index >= 15 is 0 Å². The highest BCUT2D eigenvalue weighted by Crippen LogP contribution is 2.19. The summed E-state index contributed by atoms with van der Waals surface area (Å²) in [4.78, 5) is 26.9. The average molecular weight is 303 g/mol. The summed E-state index contributed by atoms with van der Waals surface area (Å²) >= 11 is 0. The van der Waals surface area contributed by atoms with Gasteiger partial charge in [0.15, 0.2) is 0 Å². The highest BCUT2D eigenvalue weighted by molar-refractivity contribution is 5.78. The first-order chi connectivity index (χ1) is 10.5. The molecule has 2 rings (SSSR count). The lowest BCUT2D eigenvalue weighted by Gasteiger charge is -2.13. The monoisotopic (exact) mass is 303 g/mol. The Morgan fingerprint density at radius 1 is 1.27 bits per heavy atom. The summed E-state index contributed by atoms with van der Waals surface area (Å²) < 4.78 is 1.98. The van der Waals surface area contributed by atoms with E-state index in [4.69, 9.17) is 5.11 Å². The summed E-state index contributed by atoms with van der Waals surface area (Å²) in [6, 6.07) is 7.64. The Morgan fingerprint density at radius 3 is 2.64 bits per heavy atom. The molecule has 2 aromatic rings. The van der Waals surface area contributed by atoms with Crippen LogP contribution in [0.5, 0.6) is 0 Å². The van der Waals surface area contributed by atoms with Crippen LogP contribution in [0.3, 0.4) is 0 Å². The van der Waals surface area contributed by atoms with Gasteiger partial charge in [0, 0.05) is 19.9 Å². The van der Waals surface area contributed by atoms with E-state index in [1.165, 1.54) is 0 Å². The molecule has 0 bridgehead atoms. The van der Waals surface area contributed by atoms with Crippen LogP contribution in [0.25, 0.3) is 11.0 Å². The molecule has 6 nitrogen and oxygen atoms in total. The maximum Gasteiger partial charge on any atom is 0.303 e. The number of aromatic nitrogens is 2. The number of nitrogens with one attached hydrogen (secondary N) is 1. The van der Waals surface area contributed by atoms with E-state index in [-0.39, 0.29) is 18.4 Å². The number of hydrogen-bond acceptors (Lipinski definition) is 3. The number of amides is 1. The summed E-state index contributed by atoms with van der Waals surface area (Å²) in [6.07, 6.45) is 1.53. The Kier molecular flexibility index (Phi) is 5.14. The predicted molar refractivity (Wildman–Crippen MR) is 83.4 cm³/mol. The van der Waals surface area contributed by atoms with E-state index in [1.807, 2.05) is 42.8 Å². The van der Waals surface area contributed by atoms with Gasteiger partial charge in [-0.3, -0.25) is 9.59 Å². The van der Waals surface area contributed by atoms with E-state index in [0.29, 0.717) is 19.3 Å². The Balaban J connectivity index is 1.93. The van der Waals surface area contributed by atoms with Crippen molar-refractivity contribution in [2.45, 2.75) is 38.6 Å². The van der Waals surface area contributed by atoms with Gasteiger partial charge in [0.2, 0.25) is 5.91 Å². The predicted octanol–water partition coefficient (Wildman–Crippen LogP) is 2.40. The molecule has 0 aliphatic carbocycles. The Labute approximate surface area is 129 Å². The minimum Gasteiger partial charge on any atom is -0.481 e. The standard InChI is InChI=1S/C16H21N3O3/c1-11(17-14(20)9-5-6-10-15(21)22)16-18-12-7-3-4-8-13(12)19(16)2/h3-4,7-8,11H,5-6,9-10H2,1-2H3,(H,17,20)(H,21,22). The third-order valence-electron chi connectivity index (χ3n) is 3.63. The van der Waals surface area contributed by atoms with Crippen LogP contribution < -0.4 is 5.32 Å². The van der Waals surface area contributed by atoms with Crippen LogP contribution in [0.4, 0.5) is 0 Å². The second-order valence-electron chi connectivity index (χ2n) is 5.41. The summed E-state index contributed by atoms with van der Waals surface area (Å²) in [5.74, 6) is -0.0986. The third kappa shape index (κ3) is 3.84. The highest BCUT2D eigenvalue weighted by Gasteiger charge is 2.16. The SMILES string of the molecule is CC(NC(=O)CCCCC(=O)O)c1nc2ccccc2n1C. The van der Waals surface area contributed by atoms with Crippen molar-refractivity contribution in [2.75, 3.05) is 0 Å². The number of aliphatic carboxylic acids is 1. The zero-order valence-electron chi connectivity index (χ0n) is 12.9. The maximum atomic E-state index is 11.9. The van der Waals surface area contributed by atoms with Crippen molar-refractivity contribution in [3.63, 3.8) is 0 Å². The molecule has 1 atom stereocenters. The van der Waals surface area contributed by atoms with E-state index in [9.17, 15) is 9.59 Å². The summed E-state index contributed by atoms with van der Waals surface area (Å²) in [5, 5.41) is 11.5. The molecule has 2 N–H and O–H groups in total. The first-order valence-corrected chi connectivity index (χ1v) is 7.41. The molecule has 22 heavy (non-hydrogen) atoms.